The normalized spacial score (nSPS) is 25.9. The molecule has 0 radical (unpaired) electrons. The minimum Gasteiger partial charge on any atom is -0.480 e. The number of hydrogen-bond donors (Lipinski definition) is 2. The third-order valence-corrected chi connectivity index (χ3v) is 9.51. The predicted octanol–water partition coefficient (Wildman–Crippen LogP) is 7.88. The number of hydrogen-bond acceptors (Lipinski definition) is 4. The molecule has 1 aliphatic rings. The van der Waals surface area contributed by atoms with Crippen molar-refractivity contribution in [2.24, 2.45) is 0 Å². The highest BCUT2D eigenvalue weighted by molar-refractivity contribution is 9.10. The highest BCUT2D eigenvalue weighted by Gasteiger charge is 2.69. The molecule has 11 heteroatoms. The second-order valence-corrected chi connectivity index (χ2v) is 13.8. The average molecular weight is 604 g/mol. The summed E-state index contributed by atoms with van der Waals surface area (Å²) in [5.74, 6) is -1.55. The first-order valence-electron chi connectivity index (χ1n) is 9.64. The second-order valence-electron chi connectivity index (χ2n) is 8.78. The number of carboxylic acid groups (broad SMARTS) is 1. The lowest BCUT2D eigenvalue weighted by Crippen LogP contribution is -2.41. The molecular weight excluding hydrogens is 584 g/mol. The molecule has 1 aliphatic heterocycles. The number of aliphatic hydroxyl groups is 1. The SMILES string of the molecule is CC(C)(C)Sc1ccc(C2(O)C[C@](c3cc(Cl)cc(Cl)c3)(C(F)(F)F)SC2C(=O)O)cc1Br. The Morgan fingerprint density at radius 1 is 1.12 bits per heavy atom. The third-order valence-electron chi connectivity index (χ3n) is 5.13. The zero-order valence-electron chi connectivity index (χ0n) is 17.6. The monoisotopic (exact) mass is 602 g/mol. The number of carbonyl (C=O) groups is 1. The zero-order valence-corrected chi connectivity index (χ0v) is 22.4. The van der Waals surface area contributed by atoms with Gasteiger partial charge in [-0.05, 0) is 57.4 Å². The molecule has 0 bridgehead atoms. The Bertz CT molecular complexity index is 1070. The fraction of sp³-hybridized carbons (Fsp3) is 0.409. The lowest BCUT2D eigenvalue weighted by Gasteiger charge is -2.33. The van der Waals surface area contributed by atoms with E-state index >= 15 is 0 Å². The van der Waals surface area contributed by atoms with Crippen LogP contribution in [0.3, 0.4) is 0 Å². The summed E-state index contributed by atoms with van der Waals surface area (Å²) in [6, 6.07) is 8.14. The second kappa shape index (κ2) is 9.13. The predicted molar refractivity (Wildman–Crippen MR) is 131 cm³/mol. The van der Waals surface area contributed by atoms with Crippen LogP contribution >= 0.6 is 62.7 Å². The summed E-state index contributed by atoms with van der Waals surface area (Å²) in [5, 5.41) is 19.5. The molecule has 2 aromatic carbocycles. The summed E-state index contributed by atoms with van der Waals surface area (Å²) < 4.78 is 41.4. The van der Waals surface area contributed by atoms with Crippen LogP contribution in [0.4, 0.5) is 13.2 Å². The van der Waals surface area contributed by atoms with Crippen LogP contribution < -0.4 is 0 Å². The van der Waals surface area contributed by atoms with Gasteiger partial charge in [-0.25, -0.2) is 0 Å². The molecule has 0 spiro atoms. The van der Waals surface area contributed by atoms with Gasteiger partial charge in [-0.1, -0.05) is 50.0 Å². The Morgan fingerprint density at radius 2 is 1.70 bits per heavy atom. The molecular formula is C22H20BrCl2F3O3S2. The van der Waals surface area contributed by atoms with Crippen molar-refractivity contribution in [2.45, 2.75) is 58.6 Å². The van der Waals surface area contributed by atoms with Gasteiger partial charge in [0.2, 0.25) is 0 Å². The molecule has 0 saturated carbocycles. The van der Waals surface area contributed by atoms with Gasteiger partial charge in [0.25, 0.3) is 0 Å². The largest absolute Gasteiger partial charge is 0.480 e. The number of carboxylic acids is 1. The van der Waals surface area contributed by atoms with Crippen LogP contribution in [0.25, 0.3) is 0 Å². The van der Waals surface area contributed by atoms with Crippen LogP contribution in [0, 0.1) is 0 Å². The van der Waals surface area contributed by atoms with Crippen LogP contribution in [0.15, 0.2) is 45.8 Å². The van der Waals surface area contributed by atoms with E-state index in [-0.39, 0.29) is 37.7 Å². The van der Waals surface area contributed by atoms with E-state index in [1.165, 1.54) is 30.0 Å². The molecule has 3 rings (SSSR count). The van der Waals surface area contributed by atoms with Crippen LogP contribution in [0.5, 0.6) is 0 Å². The molecule has 1 fully saturated rings. The van der Waals surface area contributed by atoms with Gasteiger partial charge < -0.3 is 10.2 Å². The van der Waals surface area contributed by atoms with Gasteiger partial charge in [-0.3, -0.25) is 4.79 Å². The van der Waals surface area contributed by atoms with Crippen molar-refractivity contribution < 1.29 is 28.2 Å². The van der Waals surface area contributed by atoms with Crippen molar-refractivity contribution in [1.29, 1.82) is 0 Å². The van der Waals surface area contributed by atoms with Crippen molar-refractivity contribution in [2.75, 3.05) is 0 Å². The van der Waals surface area contributed by atoms with Gasteiger partial charge in [0, 0.05) is 30.6 Å². The Morgan fingerprint density at radius 3 is 2.15 bits per heavy atom. The summed E-state index contributed by atoms with van der Waals surface area (Å²) in [5.41, 5.74) is -2.54. The lowest BCUT2D eigenvalue weighted by molar-refractivity contribution is -0.173. The minimum atomic E-state index is -4.90. The van der Waals surface area contributed by atoms with Crippen LogP contribution in [-0.2, 0) is 15.1 Å². The molecule has 33 heavy (non-hydrogen) atoms. The van der Waals surface area contributed by atoms with Crippen LogP contribution in [0.1, 0.15) is 38.3 Å². The molecule has 1 heterocycles. The lowest BCUT2D eigenvalue weighted by atomic mass is 9.79. The Hall–Kier alpha value is -0.580. The summed E-state index contributed by atoms with van der Waals surface area (Å²) in [6.07, 6.45) is -5.82. The number of thioether (sulfide) groups is 2. The van der Waals surface area contributed by atoms with Crippen molar-refractivity contribution in [3.05, 3.63) is 62.0 Å². The maximum Gasteiger partial charge on any atom is 0.407 e. The molecule has 1 saturated heterocycles. The summed E-state index contributed by atoms with van der Waals surface area (Å²) in [7, 11) is 0. The number of rotatable bonds is 4. The van der Waals surface area contributed by atoms with Gasteiger partial charge in [0.05, 0.1) is 0 Å². The van der Waals surface area contributed by atoms with Crippen molar-refractivity contribution >= 4 is 68.6 Å². The van der Waals surface area contributed by atoms with E-state index in [9.17, 15) is 28.2 Å². The molecule has 180 valence electrons. The molecule has 0 amide bonds. The Kier molecular flexibility index (Phi) is 7.48. The number of aliphatic carboxylic acids is 1. The van der Waals surface area contributed by atoms with Crippen molar-refractivity contribution in [3.63, 3.8) is 0 Å². The Balaban J connectivity index is 2.17. The molecule has 3 atom stereocenters. The van der Waals surface area contributed by atoms with Crippen molar-refractivity contribution in [1.82, 2.24) is 0 Å². The van der Waals surface area contributed by atoms with Gasteiger partial charge >= 0.3 is 12.1 Å². The molecule has 2 aromatic rings. The van der Waals surface area contributed by atoms with E-state index in [0.717, 1.165) is 17.0 Å². The Labute approximate surface area is 216 Å². The molecule has 3 nitrogen and oxygen atoms in total. The van der Waals surface area contributed by atoms with Crippen LogP contribution in [0.2, 0.25) is 10.0 Å². The first-order chi connectivity index (χ1) is 15.0. The summed E-state index contributed by atoms with van der Waals surface area (Å²) in [4.78, 5) is 12.9. The smallest absolute Gasteiger partial charge is 0.407 e. The quantitative estimate of drug-likeness (QED) is 0.348. The fourth-order valence-corrected chi connectivity index (χ4v) is 7.50. The van der Waals surface area contributed by atoms with E-state index in [1.54, 1.807) is 6.07 Å². The summed E-state index contributed by atoms with van der Waals surface area (Å²) in [6.45, 7) is 6.02. The molecule has 2 unspecified atom stereocenters. The number of halogens is 6. The minimum absolute atomic E-state index is 0.0182. The molecule has 0 aliphatic carbocycles. The maximum atomic E-state index is 14.6. The van der Waals surface area contributed by atoms with E-state index < -0.39 is 34.2 Å². The van der Waals surface area contributed by atoms with Gasteiger partial charge in [-0.2, -0.15) is 13.2 Å². The molecule has 0 aromatic heterocycles. The maximum absolute atomic E-state index is 14.6. The van der Waals surface area contributed by atoms with E-state index in [4.69, 9.17) is 23.2 Å². The number of benzene rings is 2. The highest BCUT2D eigenvalue weighted by atomic mass is 79.9. The fourth-order valence-electron chi connectivity index (χ4n) is 3.79. The first-order valence-corrected chi connectivity index (χ1v) is 12.9. The molecule has 2 N–H and O–H groups in total. The van der Waals surface area contributed by atoms with E-state index in [0.29, 0.717) is 4.47 Å². The first kappa shape index (κ1) is 27.0. The van der Waals surface area contributed by atoms with Gasteiger partial charge in [-0.15, -0.1) is 23.5 Å². The van der Waals surface area contributed by atoms with Crippen molar-refractivity contribution in [3.8, 4) is 0 Å². The number of alkyl halides is 3. The third kappa shape index (κ3) is 5.33. The topological polar surface area (TPSA) is 57.5 Å². The average Bonchev–Trinajstić information content (AvgIpc) is 2.98. The highest BCUT2D eigenvalue weighted by Crippen LogP contribution is 2.65. The van der Waals surface area contributed by atoms with Gasteiger partial charge in [0.15, 0.2) is 0 Å². The van der Waals surface area contributed by atoms with E-state index in [1.807, 2.05) is 20.8 Å². The van der Waals surface area contributed by atoms with Crippen LogP contribution in [-0.4, -0.2) is 32.4 Å². The summed E-state index contributed by atoms with van der Waals surface area (Å²) >= 11 is 17.0. The van der Waals surface area contributed by atoms with E-state index in [2.05, 4.69) is 15.9 Å². The standard InChI is InChI=1S/C22H20BrCl2F3O3S2/c1-19(2,3)32-16-5-4-11(8-15(16)23)20(31)10-21(22(26,27)28,33-17(20)18(29)30)12-6-13(24)9-14(25)7-12/h4-9,17,31H,10H2,1-3H3,(H,29,30)/t17?,20?,21-/m0/s1. The zero-order chi connectivity index (χ0) is 25.0. The van der Waals surface area contributed by atoms with Gasteiger partial charge in [0.1, 0.15) is 15.6 Å².